The highest BCUT2D eigenvalue weighted by Crippen LogP contribution is 2.06. The highest BCUT2D eigenvalue weighted by molar-refractivity contribution is 4.98. The number of aliphatic hydroxyl groups is 1. The second kappa shape index (κ2) is 7.06. The summed E-state index contributed by atoms with van der Waals surface area (Å²) in [5, 5.41) is 20.2. The summed E-state index contributed by atoms with van der Waals surface area (Å²) in [6.45, 7) is 3.39. The van der Waals surface area contributed by atoms with Gasteiger partial charge in [-0.1, -0.05) is 5.21 Å². The minimum absolute atomic E-state index is 0.0791. The summed E-state index contributed by atoms with van der Waals surface area (Å²) in [4.78, 5) is 0. The Balaban J connectivity index is 1.68. The first kappa shape index (κ1) is 13.8. The van der Waals surface area contributed by atoms with Gasteiger partial charge in [0, 0.05) is 25.2 Å². The molecule has 0 aliphatic carbocycles. The van der Waals surface area contributed by atoms with Crippen LogP contribution in [-0.4, -0.2) is 32.7 Å². The summed E-state index contributed by atoms with van der Waals surface area (Å²) in [5.41, 5.74) is 0.887. The average Bonchev–Trinajstić information content (AvgIpc) is 3.05. The van der Waals surface area contributed by atoms with Gasteiger partial charge in [0.2, 0.25) is 0 Å². The molecule has 0 spiro atoms. The van der Waals surface area contributed by atoms with Crippen molar-refractivity contribution < 1.29 is 9.52 Å². The molecule has 0 radical (unpaired) electrons. The molecule has 0 saturated heterocycles. The van der Waals surface area contributed by atoms with Crippen molar-refractivity contribution in [2.75, 3.05) is 6.61 Å². The fraction of sp³-hybridized carbons (Fsp3) is 0.538. The number of hydrogen-bond acceptors (Lipinski definition) is 5. The van der Waals surface area contributed by atoms with Crippen molar-refractivity contribution in [3.63, 3.8) is 0 Å². The third-order valence-electron chi connectivity index (χ3n) is 2.95. The molecule has 6 nitrogen and oxygen atoms in total. The Morgan fingerprint density at radius 3 is 3.16 bits per heavy atom. The van der Waals surface area contributed by atoms with E-state index in [1.54, 1.807) is 10.9 Å². The lowest BCUT2D eigenvalue weighted by Gasteiger charge is -2.11. The molecular formula is C13H20N4O2. The third kappa shape index (κ3) is 4.50. The van der Waals surface area contributed by atoms with Crippen LogP contribution in [0.2, 0.25) is 0 Å². The van der Waals surface area contributed by atoms with Gasteiger partial charge in [-0.05, 0) is 25.5 Å². The fourth-order valence-electron chi connectivity index (χ4n) is 1.83. The number of nitrogens with one attached hydrogen (secondary N) is 1. The molecule has 2 heterocycles. The second-order valence-electron chi connectivity index (χ2n) is 4.60. The van der Waals surface area contributed by atoms with Crippen LogP contribution in [0.3, 0.4) is 0 Å². The summed E-state index contributed by atoms with van der Waals surface area (Å²) < 4.78 is 6.94. The number of aromatic nitrogens is 3. The summed E-state index contributed by atoms with van der Waals surface area (Å²) >= 11 is 0. The van der Waals surface area contributed by atoms with Gasteiger partial charge in [-0.15, -0.1) is 5.10 Å². The fourth-order valence-corrected chi connectivity index (χ4v) is 1.83. The van der Waals surface area contributed by atoms with E-state index in [2.05, 4.69) is 22.6 Å². The molecule has 0 fully saturated rings. The number of aryl methyl sites for hydroxylation is 1. The molecule has 2 aromatic rings. The molecule has 0 aromatic carbocycles. The van der Waals surface area contributed by atoms with Gasteiger partial charge < -0.3 is 14.8 Å². The third-order valence-corrected chi connectivity index (χ3v) is 2.95. The Morgan fingerprint density at radius 2 is 2.42 bits per heavy atom. The Labute approximate surface area is 112 Å². The van der Waals surface area contributed by atoms with Gasteiger partial charge in [-0.3, -0.25) is 0 Å². The SMILES string of the molecule is CC(CCc1ccco1)NCc1cn(CCO)nn1. The molecule has 0 aliphatic rings. The molecule has 2 aromatic heterocycles. The summed E-state index contributed by atoms with van der Waals surface area (Å²) in [6.07, 6.45) is 5.49. The molecule has 0 bridgehead atoms. The van der Waals surface area contributed by atoms with Crippen LogP contribution in [0.1, 0.15) is 24.8 Å². The van der Waals surface area contributed by atoms with E-state index >= 15 is 0 Å². The number of furan rings is 1. The first-order chi connectivity index (χ1) is 9.28. The number of aliphatic hydroxyl groups excluding tert-OH is 1. The van der Waals surface area contributed by atoms with Crippen LogP contribution in [0.5, 0.6) is 0 Å². The van der Waals surface area contributed by atoms with Crippen LogP contribution in [0.15, 0.2) is 29.0 Å². The van der Waals surface area contributed by atoms with E-state index in [4.69, 9.17) is 9.52 Å². The number of rotatable bonds is 8. The topological polar surface area (TPSA) is 76.1 Å². The first-order valence-corrected chi connectivity index (χ1v) is 6.53. The smallest absolute Gasteiger partial charge is 0.103 e. The van der Waals surface area contributed by atoms with Crippen molar-refractivity contribution in [2.24, 2.45) is 0 Å². The van der Waals surface area contributed by atoms with Crippen molar-refractivity contribution >= 4 is 0 Å². The average molecular weight is 264 g/mol. The zero-order valence-corrected chi connectivity index (χ0v) is 11.1. The lowest BCUT2D eigenvalue weighted by molar-refractivity contribution is 0.268. The van der Waals surface area contributed by atoms with Gasteiger partial charge in [0.1, 0.15) is 5.76 Å². The van der Waals surface area contributed by atoms with Gasteiger partial charge in [0.05, 0.1) is 25.1 Å². The van der Waals surface area contributed by atoms with Crippen LogP contribution in [0.4, 0.5) is 0 Å². The maximum atomic E-state index is 8.79. The Hall–Kier alpha value is -1.66. The van der Waals surface area contributed by atoms with E-state index in [9.17, 15) is 0 Å². The van der Waals surface area contributed by atoms with Crippen molar-refractivity contribution in [3.8, 4) is 0 Å². The van der Waals surface area contributed by atoms with E-state index in [-0.39, 0.29) is 6.61 Å². The van der Waals surface area contributed by atoms with Crippen molar-refractivity contribution in [1.29, 1.82) is 0 Å². The predicted molar refractivity (Wildman–Crippen MR) is 70.4 cm³/mol. The molecular weight excluding hydrogens is 244 g/mol. The minimum Gasteiger partial charge on any atom is -0.469 e. The van der Waals surface area contributed by atoms with E-state index in [0.717, 1.165) is 24.3 Å². The molecule has 104 valence electrons. The van der Waals surface area contributed by atoms with Crippen LogP contribution in [0, 0.1) is 0 Å². The first-order valence-electron chi connectivity index (χ1n) is 6.53. The molecule has 1 unspecified atom stereocenters. The summed E-state index contributed by atoms with van der Waals surface area (Å²) in [7, 11) is 0. The van der Waals surface area contributed by atoms with Gasteiger partial charge >= 0.3 is 0 Å². The Bertz CT molecular complexity index is 467. The monoisotopic (exact) mass is 264 g/mol. The second-order valence-corrected chi connectivity index (χ2v) is 4.60. The predicted octanol–water partition coefficient (Wildman–Crippen LogP) is 0.974. The van der Waals surface area contributed by atoms with Crippen LogP contribution >= 0.6 is 0 Å². The molecule has 19 heavy (non-hydrogen) atoms. The Morgan fingerprint density at radius 1 is 1.53 bits per heavy atom. The van der Waals surface area contributed by atoms with E-state index in [1.807, 2.05) is 18.3 Å². The number of hydrogen-bond donors (Lipinski definition) is 2. The minimum atomic E-state index is 0.0791. The van der Waals surface area contributed by atoms with Crippen molar-refractivity contribution in [3.05, 3.63) is 36.0 Å². The quantitative estimate of drug-likeness (QED) is 0.743. The molecule has 6 heteroatoms. The van der Waals surface area contributed by atoms with Crippen LogP contribution in [0.25, 0.3) is 0 Å². The van der Waals surface area contributed by atoms with E-state index in [0.29, 0.717) is 19.1 Å². The molecule has 1 atom stereocenters. The Kier molecular flexibility index (Phi) is 5.11. The molecule has 0 aliphatic heterocycles. The zero-order chi connectivity index (χ0) is 13.5. The number of nitrogens with zero attached hydrogens (tertiary/aromatic N) is 3. The highest BCUT2D eigenvalue weighted by Gasteiger charge is 2.06. The normalized spacial score (nSPS) is 12.7. The summed E-state index contributed by atoms with van der Waals surface area (Å²) in [6, 6.07) is 4.29. The maximum Gasteiger partial charge on any atom is 0.103 e. The van der Waals surface area contributed by atoms with Crippen molar-refractivity contribution in [1.82, 2.24) is 20.3 Å². The van der Waals surface area contributed by atoms with Gasteiger partial charge in [-0.2, -0.15) is 0 Å². The maximum absolute atomic E-state index is 8.79. The lowest BCUT2D eigenvalue weighted by atomic mass is 10.1. The molecule has 0 amide bonds. The molecule has 2 N–H and O–H groups in total. The zero-order valence-electron chi connectivity index (χ0n) is 11.1. The van der Waals surface area contributed by atoms with E-state index < -0.39 is 0 Å². The largest absolute Gasteiger partial charge is 0.469 e. The van der Waals surface area contributed by atoms with Crippen molar-refractivity contribution in [2.45, 2.75) is 38.9 Å². The lowest BCUT2D eigenvalue weighted by Crippen LogP contribution is -2.26. The molecule has 0 saturated carbocycles. The summed E-state index contributed by atoms with van der Waals surface area (Å²) in [5.74, 6) is 1.02. The van der Waals surface area contributed by atoms with Gasteiger partial charge in [0.25, 0.3) is 0 Å². The van der Waals surface area contributed by atoms with E-state index in [1.165, 1.54) is 0 Å². The molecule has 2 rings (SSSR count). The highest BCUT2D eigenvalue weighted by atomic mass is 16.3. The van der Waals surface area contributed by atoms with Gasteiger partial charge in [0.15, 0.2) is 0 Å². The van der Waals surface area contributed by atoms with Gasteiger partial charge in [-0.25, -0.2) is 4.68 Å². The standard InChI is InChI=1S/C13H20N4O2/c1-11(4-5-13-3-2-8-19-13)14-9-12-10-17(6-7-18)16-15-12/h2-3,8,10-11,14,18H,4-7,9H2,1H3. The van der Waals surface area contributed by atoms with Crippen LogP contribution in [-0.2, 0) is 19.5 Å². The van der Waals surface area contributed by atoms with Crippen LogP contribution < -0.4 is 5.32 Å².